The summed E-state index contributed by atoms with van der Waals surface area (Å²) in [5, 5.41) is 9.19. The summed E-state index contributed by atoms with van der Waals surface area (Å²) in [6.07, 6.45) is 0. The number of nitrogens with zero attached hydrogens (tertiary/aromatic N) is 2. The van der Waals surface area contributed by atoms with Crippen LogP contribution >= 0.6 is 0 Å². The molecule has 0 radical (unpaired) electrons. The molecule has 0 aliphatic rings. The van der Waals surface area contributed by atoms with Gasteiger partial charge in [0, 0.05) is 30.9 Å². The first-order valence-corrected chi connectivity index (χ1v) is 6.37. The molecule has 0 spiro atoms. The van der Waals surface area contributed by atoms with Crippen molar-refractivity contribution in [2.24, 2.45) is 7.05 Å². The van der Waals surface area contributed by atoms with E-state index in [1.54, 1.807) is 4.68 Å². The first-order valence-electron chi connectivity index (χ1n) is 6.37. The number of hydrogen-bond acceptors (Lipinski definition) is 2. The van der Waals surface area contributed by atoms with Crippen LogP contribution in [0.15, 0.2) is 18.2 Å². The lowest BCUT2D eigenvalue weighted by molar-refractivity contribution is 0.251. The third-order valence-corrected chi connectivity index (χ3v) is 3.26. The zero-order valence-electron chi connectivity index (χ0n) is 12.0. The Morgan fingerprint density at radius 3 is 2.62 bits per heavy atom. The third-order valence-electron chi connectivity index (χ3n) is 3.26. The summed E-state index contributed by atoms with van der Waals surface area (Å²) in [4.78, 5) is 11.7. The van der Waals surface area contributed by atoms with Crippen LogP contribution in [-0.4, -0.2) is 15.8 Å². The van der Waals surface area contributed by atoms with Crippen LogP contribution in [0.1, 0.15) is 17.0 Å². The lowest BCUT2D eigenvalue weighted by atomic mass is 10.2. The highest BCUT2D eigenvalue weighted by molar-refractivity contribution is 5.89. The number of benzene rings is 1. The van der Waals surface area contributed by atoms with Crippen molar-refractivity contribution in [1.29, 1.82) is 0 Å². The summed E-state index contributed by atoms with van der Waals surface area (Å²) >= 11 is 0. The minimum atomic E-state index is -0.820. The number of carbonyl (C=O) groups is 1. The molecule has 0 unspecified atom stereocenters. The van der Waals surface area contributed by atoms with Crippen LogP contribution in [0.4, 0.5) is 19.3 Å². The molecule has 2 N–H and O–H groups in total. The number of urea groups is 1. The van der Waals surface area contributed by atoms with Gasteiger partial charge in [-0.15, -0.1) is 0 Å². The number of rotatable bonds is 3. The lowest BCUT2D eigenvalue weighted by Gasteiger charge is -2.09. The molecule has 0 saturated carbocycles. The second-order valence-electron chi connectivity index (χ2n) is 4.70. The van der Waals surface area contributed by atoms with Gasteiger partial charge in [-0.3, -0.25) is 4.68 Å². The molecule has 2 amide bonds. The fourth-order valence-corrected chi connectivity index (χ4v) is 2.00. The fourth-order valence-electron chi connectivity index (χ4n) is 2.00. The quantitative estimate of drug-likeness (QED) is 0.914. The second kappa shape index (κ2) is 5.90. The number of carbonyl (C=O) groups excluding carboxylic acids is 1. The molecule has 0 atom stereocenters. The van der Waals surface area contributed by atoms with Crippen molar-refractivity contribution in [3.05, 3.63) is 46.8 Å². The first-order chi connectivity index (χ1) is 9.88. The number of nitrogens with one attached hydrogen (secondary N) is 2. The zero-order valence-corrected chi connectivity index (χ0v) is 12.0. The summed E-state index contributed by atoms with van der Waals surface area (Å²) < 4.78 is 27.9. The Bertz CT molecular complexity index is 682. The van der Waals surface area contributed by atoms with Crippen LogP contribution in [0.3, 0.4) is 0 Å². The summed E-state index contributed by atoms with van der Waals surface area (Å²) in [7, 11) is 1.82. The van der Waals surface area contributed by atoms with E-state index in [1.807, 2.05) is 20.9 Å². The molecule has 7 heteroatoms. The van der Waals surface area contributed by atoms with Gasteiger partial charge in [-0.2, -0.15) is 5.10 Å². The van der Waals surface area contributed by atoms with Crippen molar-refractivity contribution in [2.45, 2.75) is 20.4 Å². The van der Waals surface area contributed by atoms with Crippen molar-refractivity contribution in [1.82, 2.24) is 15.1 Å². The molecule has 0 aliphatic carbocycles. The highest BCUT2D eigenvalue weighted by Crippen LogP contribution is 2.15. The minimum Gasteiger partial charge on any atom is -0.334 e. The molecular formula is C14H16F2N4O. The van der Waals surface area contributed by atoms with Gasteiger partial charge in [-0.05, 0) is 26.0 Å². The molecule has 2 aromatic rings. The van der Waals surface area contributed by atoms with Crippen molar-refractivity contribution in [3.63, 3.8) is 0 Å². The van der Waals surface area contributed by atoms with Crippen molar-refractivity contribution >= 4 is 11.7 Å². The van der Waals surface area contributed by atoms with Gasteiger partial charge in [0.25, 0.3) is 0 Å². The van der Waals surface area contributed by atoms with E-state index in [1.165, 1.54) is 6.07 Å². The van der Waals surface area contributed by atoms with Crippen molar-refractivity contribution in [2.75, 3.05) is 5.32 Å². The van der Waals surface area contributed by atoms with Gasteiger partial charge < -0.3 is 10.6 Å². The van der Waals surface area contributed by atoms with E-state index in [0.29, 0.717) is 6.07 Å². The minimum absolute atomic E-state index is 0.0754. The first kappa shape index (κ1) is 15.0. The number of amides is 2. The maximum atomic E-state index is 13.4. The van der Waals surface area contributed by atoms with Gasteiger partial charge in [0.2, 0.25) is 0 Å². The van der Waals surface area contributed by atoms with E-state index in [9.17, 15) is 13.6 Å². The van der Waals surface area contributed by atoms with E-state index < -0.39 is 17.7 Å². The Labute approximate surface area is 121 Å². The third kappa shape index (κ3) is 3.36. The van der Waals surface area contributed by atoms with E-state index in [4.69, 9.17) is 0 Å². The summed E-state index contributed by atoms with van der Waals surface area (Å²) in [6, 6.07) is 2.40. The molecule has 2 rings (SSSR count). The Kier molecular flexibility index (Phi) is 4.21. The number of anilines is 1. The Balaban J connectivity index is 1.99. The predicted octanol–water partition coefficient (Wildman–Crippen LogP) is 2.64. The number of aryl methyl sites for hydroxylation is 2. The van der Waals surface area contributed by atoms with E-state index >= 15 is 0 Å². The molecule has 0 fully saturated rings. The topological polar surface area (TPSA) is 59.0 Å². The van der Waals surface area contributed by atoms with E-state index in [-0.39, 0.29) is 12.2 Å². The molecule has 5 nitrogen and oxygen atoms in total. The van der Waals surface area contributed by atoms with Gasteiger partial charge in [0.05, 0.1) is 11.4 Å². The standard InChI is InChI=1S/C14H16F2N4O/c1-8-11(9(2)20(3)19-8)7-17-14(21)18-13-5-4-10(15)6-12(13)16/h4-6H,7H2,1-3H3,(H2,17,18,21). The van der Waals surface area contributed by atoms with Crippen LogP contribution in [-0.2, 0) is 13.6 Å². The monoisotopic (exact) mass is 294 g/mol. The smallest absolute Gasteiger partial charge is 0.319 e. The van der Waals surface area contributed by atoms with Crippen LogP contribution < -0.4 is 10.6 Å². The summed E-state index contributed by atoms with van der Waals surface area (Å²) in [5.41, 5.74) is 2.60. The van der Waals surface area contributed by atoms with Crippen LogP contribution in [0.5, 0.6) is 0 Å². The average Bonchev–Trinajstić information content (AvgIpc) is 2.65. The Hall–Kier alpha value is -2.44. The lowest BCUT2D eigenvalue weighted by Crippen LogP contribution is -2.29. The zero-order chi connectivity index (χ0) is 15.6. The predicted molar refractivity (Wildman–Crippen MR) is 74.9 cm³/mol. The highest BCUT2D eigenvalue weighted by Gasteiger charge is 2.12. The fraction of sp³-hybridized carbons (Fsp3) is 0.286. The highest BCUT2D eigenvalue weighted by atomic mass is 19.1. The number of hydrogen-bond donors (Lipinski definition) is 2. The molecule has 0 aliphatic heterocycles. The van der Waals surface area contributed by atoms with Crippen LogP contribution in [0, 0.1) is 25.5 Å². The second-order valence-corrected chi connectivity index (χ2v) is 4.70. The van der Waals surface area contributed by atoms with Crippen LogP contribution in [0.25, 0.3) is 0 Å². The summed E-state index contributed by atoms with van der Waals surface area (Å²) in [5.74, 6) is -1.51. The van der Waals surface area contributed by atoms with Crippen LogP contribution in [0.2, 0.25) is 0 Å². The normalized spacial score (nSPS) is 10.5. The average molecular weight is 294 g/mol. The SMILES string of the molecule is Cc1nn(C)c(C)c1CNC(=O)Nc1ccc(F)cc1F. The number of halogens is 2. The van der Waals surface area contributed by atoms with Gasteiger partial charge >= 0.3 is 6.03 Å². The molecule has 21 heavy (non-hydrogen) atoms. The molecule has 0 bridgehead atoms. The van der Waals surface area contributed by atoms with Gasteiger partial charge in [-0.25, -0.2) is 13.6 Å². The van der Waals surface area contributed by atoms with Gasteiger partial charge in [-0.1, -0.05) is 0 Å². The molecule has 1 aromatic heterocycles. The maximum Gasteiger partial charge on any atom is 0.319 e. The van der Waals surface area contributed by atoms with E-state index in [0.717, 1.165) is 23.0 Å². The number of aromatic nitrogens is 2. The summed E-state index contributed by atoms with van der Waals surface area (Å²) in [6.45, 7) is 4.02. The van der Waals surface area contributed by atoms with E-state index in [2.05, 4.69) is 15.7 Å². The molecule has 112 valence electrons. The van der Waals surface area contributed by atoms with Crippen molar-refractivity contribution in [3.8, 4) is 0 Å². The Morgan fingerprint density at radius 1 is 1.33 bits per heavy atom. The molecule has 1 heterocycles. The maximum absolute atomic E-state index is 13.4. The van der Waals surface area contributed by atoms with Gasteiger partial charge in [0.15, 0.2) is 0 Å². The Morgan fingerprint density at radius 2 is 2.05 bits per heavy atom. The molecule has 0 saturated heterocycles. The van der Waals surface area contributed by atoms with Crippen molar-refractivity contribution < 1.29 is 13.6 Å². The molecular weight excluding hydrogens is 278 g/mol. The largest absolute Gasteiger partial charge is 0.334 e. The van der Waals surface area contributed by atoms with Gasteiger partial charge in [0.1, 0.15) is 11.6 Å². The molecule has 1 aromatic carbocycles.